The number of aliphatic hydroxyl groups is 1. The van der Waals surface area contributed by atoms with Crippen molar-refractivity contribution in [1.29, 1.82) is 0 Å². The molecule has 0 fully saturated rings. The minimum atomic E-state index is -0.0823. The normalized spacial score (nSPS) is 12.6. The van der Waals surface area contributed by atoms with Crippen LogP contribution in [0.15, 0.2) is 36.3 Å². The Morgan fingerprint density at radius 2 is 1.92 bits per heavy atom. The molecule has 0 rings (SSSR count). The highest BCUT2D eigenvalue weighted by atomic mass is 16.5. The van der Waals surface area contributed by atoms with Gasteiger partial charge in [-0.3, -0.25) is 0 Å². The summed E-state index contributed by atoms with van der Waals surface area (Å²) >= 11 is 0. The predicted molar refractivity (Wildman–Crippen MR) is 47.5 cm³/mol. The van der Waals surface area contributed by atoms with Crippen molar-refractivity contribution in [3.63, 3.8) is 0 Å². The van der Waals surface area contributed by atoms with Crippen LogP contribution in [-0.4, -0.2) is 25.9 Å². The van der Waals surface area contributed by atoms with Gasteiger partial charge in [-0.15, -0.1) is 0 Å². The number of rotatable bonds is 5. The molecule has 0 aromatic carbocycles. The van der Waals surface area contributed by atoms with Gasteiger partial charge in [0, 0.05) is 0 Å². The van der Waals surface area contributed by atoms with E-state index in [1.165, 1.54) is 20.3 Å². The largest absolute Gasteiger partial charge is 0.493 e. The fourth-order valence-electron chi connectivity index (χ4n) is 0.725. The molecular formula is C9H14O3. The Morgan fingerprint density at radius 3 is 2.25 bits per heavy atom. The van der Waals surface area contributed by atoms with Crippen LogP contribution in [0.1, 0.15) is 0 Å². The average Bonchev–Trinajstić information content (AvgIpc) is 2.11. The maximum absolute atomic E-state index is 8.62. The Kier molecular flexibility index (Phi) is 5.83. The van der Waals surface area contributed by atoms with E-state index in [1.807, 2.05) is 0 Å². The van der Waals surface area contributed by atoms with E-state index in [2.05, 4.69) is 6.58 Å². The van der Waals surface area contributed by atoms with Crippen molar-refractivity contribution in [2.45, 2.75) is 0 Å². The summed E-state index contributed by atoms with van der Waals surface area (Å²) in [6.07, 6.45) is 4.76. The fourth-order valence-corrected chi connectivity index (χ4v) is 0.725. The highest BCUT2D eigenvalue weighted by Gasteiger charge is 2.02. The van der Waals surface area contributed by atoms with Crippen LogP contribution >= 0.6 is 0 Å². The van der Waals surface area contributed by atoms with E-state index >= 15 is 0 Å². The first-order valence-electron chi connectivity index (χ1n) is 3.52. The van der Waals surface area contributed by atoms with Crippen LogP contribution < -0.4 is 0 Å². The molecule has 0 aliphatic heterocycles. The van der Waals surface area contributed by atoms with Crippen LogP contribution in [-0.2, 0) is 9.47 Å². The molecule has 0 aliphatic rings. The van der Waals surface area contributed by atoms with E-state index in [4.69, 9.17) is 14.6 Å². The van der Waals surface area contributed by atoms with E-state index in [-0.39, 0.29) is 6.61 Å². The Balaban J connectivity index is 4.55. The van der Waals surface area contributed by atoms with E-state index in [0.717, 1.165) is 0 Å². The summed E-state index contributed by atoms with van der Waals surface area (Å²) in [6, 6.07) is 0. The molecule has 12 heavy (non-hydrogen) atoms. The van der Waals surface area contributed by atoms with Gasteiger partial charge in [0.15, 0.2) is 11.5 Å². The van der Waals surface area contributed by atoms with Gasteiger partial charge in [-0.25, -0.2) is 0 Å². The number of hydrogen-bond acceptors (Lipinski definition) is 3. The van der Waals surface area contributed by atoms with Crippen molar-refractivity contribution in [3.05, 3.63) is 36.3 Å². The lowest BCUT2D eigenvalue weighted by Gasteiger charge is -2.08. The summed E-state index contributed by atoms with van der Waals surface area (Å²) < 4.78 is 9.94. The molecule has 3 nitrogen and oxygen atoms in total. The van der Waals surface area contributed by atoms with Crippen LogP contribution in [0.2, 0.25) is 0 Å². The lowest BCUT2D eigenvalue weighted by Crippen LogP contribution is -1.96. The second kappa shape index (κ2) is 6.49. The van der Waals surface area contributed by atoms with Crippen LogP contribution in [0, 0.1) is 0 Å². The third-order valence-electron chi connectivity index (χ3n) is 1.23. The quantitative estimate of drug-likeness (QED) is 0.498. The first kappa shape index (κ1) is 10.8. The topological polar surface area (TPSA) is 38.7 Å². The van der Waals surface area contributed by atoms with Crippen molar-refractivity contribution in [3.8, 4) is 0 Å². The van der Waals surface area contributed by atoms with Crippen LogP contribution in [0.3, 0.4) is 0 Å². The van der Waals surface area contributed by atoms with Crippen LogP contribution in [0.25, 0.3) is 0 Å². The Bertz CT molecular complexity index is 192. The zero-order chi connectivity index (χ0) is 9.40. The van der Waals surface area contributed by atoms with Crippen molar-refractivity contribution in [1.82, 2.24) is 0 Å². The summed E-state index contributed by atoms with van der Waals surface area (Å²) in [4.78, 5) is 0. The summed E-state index contributed by atoms with van der Waals surface area (Å²) in [6.45, 7) is 3.44. The highest BCUT2D eigenvalue weighted by Crippen LogP contribution is 2.10. The van der Waals surface area contributed by atoms with Crippen molar-refractivity contribution in [2.24, 2.45) is 0 Å². The Morgan fingerprint density at radius 1 is 1.33 bits per heavy atom. The van der Waals surface area contributed by atoms with Crippen molar-refractivity contribution >= 4 is 0 Å². The number of allylic oxidation sites excluding steroid dienone is 2. The van der Waals surface area contributed by atoms with Crippen molar-refractivity contribution in [2.75, 3.05) is 20.8 Å². The highest BCUT2D eigenvalue weighted by molar-refractivity contribution is 5.23. The molecular weight excluding hydrogens is 156 g/mol. The molecule has 0 atom stereocenters. The first-order chi connectivity index (χ1) is 5.79. The van der Waals surface area contributed by atoms with Gasteiger partial charge < -0.3 is 14.6 Å². The maximum atomic E-state index is 8.62. The number of ether oxygens (including phenoxy) is 2. The number of aliphatic hydroxyl groups excluding tert-OH is 1. The van der Waals surface area contributed by atoms with Gasteiger partial charge in [0.25, 0.3) is 0 Å². The monoisotopic (exact) mass is 170 g/mol. The Labute approximate surface area is 72.6 Å². The zero-order valence-electron chi connectivity index (χ0n) is 7.41. The summed E-state index contributed by atoms with van der Waals surface area (Å²) in [5.41, 5.74) is 0. The summed E-state index contributed by atoms with van der Waals surface area (Å²) in [7, 11) is 3.04. The lowest BCUT2D eigenvalue weighted by atomic mass is 10.3. The van der Waals surface area contributed by atoms with Crippen molar-refractivity contribution < 1.29 is 14.6 Å². The number of methoxy groups -OCH3 is 2. The SMILES string of the molecule is C=C/C=C(OC)\C(=C/CO)OC. The molecule has 0 bridgehead atoms. The minimum Gasteiger partial charge on any atom is -0.493 e. The minimum absolute atomic E-state index is 0.0823. The molecule has 0 spiro atoms. The van der Waals surface area contributed by atoms with Gasteiger partial charge in [0.2, 0.25) is 0 Å². The average molecular weight is 170 g/mol. The molecule has 0 saturated carbocycles. The van der Waals surface area contributed by atoms with Gasteiger partial charge >= 0.3 is 0 Å². The van der Waals surface area contributed by atoms with Crippen LogP contribution in [0.4, 0.5) is 0 Å². The van der Waals surface area contributed by atoms with Gasteiger partial charge in [-0.1, -0.05) is 12.7 Å². The summed E-state index contributed by atoms with van der Waals surface area (Å²) in [5.74, 6) is 1.04. The third kappa shape index (κ3) is 3.25. The molecule has 0 aromatic heterocycles. The molecule has 3 heteroatoms. The van der Waals surface area contributed by atoms with E-state index in [1.54, 1.807) is 12.2 Å². The molecule has 0 heterocycles. The maximum Gasteiger partial charge on any atom is 0.160 e. The Hall–Kier alpha value is -1.22. The van der Waals surface area contributed by atoms with Crippen LogP contribution in [0.5, 0.6) is 0 Å². The fraction of sp³-hybridized carbons (Fsp3) is 0.333. The number of hydrogen-bond donors (Lipinski definition) is 1. The summed E-state index contributed by atoms with van der Waals surface area (Å²) in [5, 5.41) is 8.62. The van der Waals surface area contributed by atoms with E-state index in [0.29, 0.717) is 11.5 Å². The van der Waals surface area contributed by atoms with E-state index < -0.39 is 0 Å². The van der Waals surface area contributed by atoms with Gasteiger partial charge in [0.1, 0.15) is 0 Å². The lowest BCUT2D eigenvalue weighted by molar-refractivity contribution is 0.215. The first-order valence-corrected chi connectivity index (χ1v) is 3.52. The molecule has 0 saturated heterocycles. The van der Waals surface area contributed by atoms with Gasteiger partial charge in [-0.05, 0) is 12.2 Å². The molecule has 68 valence electrons. The van der Waals surface area contributed by atoms with Gasteiger partial charge in [0.05, 0.1) is 20.8 Å². The van der Waals surface area contributed by atoms with Gasteiger partial charge in [-0.2, -0.15) is 0 Å². The zero-order valence-corrected chi connectivity index (χ0v) is 7.41. The third-order valence-corrected chi connectivity index (χ3v) is 1.23. The molecule has 0 aliphatic carbocycles. The van der Waals surface area contributed by atoms with E-state index in [9.17, 15) is 0 Å². The molecule has 1 N–H and O–H groups in total. The predicted octanol–water partition coefficient (Wildman–Crippen LogP) is 1.23. The standard InChI is InChI=1S/C9H14O3/c1-4-5-8(11-2)9(12-3)6-7-10/h4-6,10H,1,7H2,2-3H3/b8-5+,9-6+. The molecule has 0 radical (unpaired) electrons. The second-order valence-electron chi connectivity index (χ2n) is 1.93. The molecule has 0 aromatic rings. The second-order valence-corrected chi connectivity index (χ2v) is 1.93. The molecule has 0 amide bonds. The smallest absolute Gasteiger partial charge is 0.160 e. The molecule has 0 unspecified atom stereocenters.